The van der Waals surface area contributed by atoms with E-state index in [0.29, 0.717) is 11.8 Å². The Labute approximate surface area is 65.9 Å². The Kier molecular flexibility index (Phi) is 1.28. The average molecular weight is 149 g/mol. The van der Waals surface area contributed by atoms with Gasteiger partial charge in [-0.25, -0.2) is 0 Å². The van der Waals surface area contributed by atoms with Gasteiger partial charge in [-0.15, -0.1) is 0 Å². The van der Waals surface area contributed by atoms with Crippen molar-refractivity contribution < 1.29 is 5.11 Å². The molecular weight excluding hydrogens is 138 g/mol. The van der Waals surface area contributed by atoms with Gasteiger partial charge in [-0.05, 0) is 25.0 Å². The minimum atomic E-state index is 0.338. The van der Waals surface area contributed by atoms with Crippen LogP contribution >= 0.6 is 0 Å². The van der Waals surface area contributed by atoms with Crippen LogP contribution in [0.3, 0.4) is 0 Å². The van der Waals surface area contributed by atoms with Crippen LogP contribution in [0.2, 0.25) is 0 Å². The van der Waals surface area contributed by atoms with Crippen molar-refractivity contribution >= 4 is 5.69 Å². The molecule has 0 aromatic heterocycles. The highest BCUT2D eigenvalue weighted by Crippen LogP contribution is 2.28. The number of hydrogen-bond acceptors (Lipinski definition) is 2. The third-order valence-corrected chi connectivity index (χ3v) is 2.02. The molecule has 2 N–H and O–H groups in total. The molecule has 1 aliphatic heterocycles. The summed E-state index contributed by atoms with van der Waals surface area (Å²) in [5.41, 5.74) is 2.38. The lowest BCUT2D eigenvalue weighted by Gasteiger charge is -2.01. The molecule has 0 spiro atoms. The first-order valence-electron chi connectivity index (χ1n) is 3.84. The number of aromatic hydroxyl groups is 1. The molecule has 0 radical (unpaired) electrons. The molecule has 0 fully saturated rings. The zero-order chi connectivity index (χ0) is 7.84. The number of nitrogens with one attached hydrogen (secondary N) is 1. The first-order chi connectivity index (χ1) is 5.25. The molecule has 0 amide bonds. The number of fused-ring (bicyclic) bond motifs is 1. The average Bonchev–Trinajstić information content (AvgIpc) is 2.27. The molecule has 1 atom stereocenters. The van der Waals surface area contributed by atoms with Crippen molar-refractivity contribution in [3.05, 3.63) is 23.8 Å². The SMILES string of the molecule is C[C@H]1Cc2ccc(O)cc2N1. The summed E-state index contributed by atoms with van der Waals surface area (Å²) >= 11 is 0. The van der Waals surface area contributed by atoms with E-state index in [4.69, 9.17) is 5.11 Å². The Morgan fingerprint density at radius 1 is 1.55 bits per heavy atom. The predicted octanol–water partition coefficient (Wildman–Crippen LogP) is 1.75. The van der Waals surface area contributed by atoms with Gasteiger partial charge >= 0.3 is 0 Å². The van der Waals surface area contributed by atoms with Crippen molar-refractivity contribution in [2.24, 2.45) is 0 Å². The summed E-state index contributed by atoms with van der Waals surface area (Å²) in [5.74, 6) is 0.338. The van der Waals surface area contributed by atoms with E-state index in [1.807, 2.05) is 6.07 Å². The third kappa shape index (κ3) is 1.04. The molecule has 58 valence electrons. The minimum absolute atomic E-state index is 0.338. The summed E-state index contributed by atoms with van der Waals surface area (Å²) in [6.07, 6.45) is 1.07. The largest absolute Gasteiger partial charge is 0.508 e. The van der Waals surface area contributed by atoms with Crippen molar-refractivity contribution in [3.63, 3.8) is 0 Å². The van der Waals surface area contributed by atoms with Gasteiger partial charge in [-0.3, -0.25) is 0 Å². The zero-order valence-electron chi connectivity index (χ0n) is 6.46. The first kappa shape index (κ1) is 6.53. The van der Waals surface area contributed by atoms with Crippen LogP contribution in [0.15, 0.2) is 18.2 Å². The fourth-order valence-corrected chi connectivity index (χ4v) is 1.52. The quantitative estimate of drug-likeness (QED) is 0.589. The Bertz CT molecular complexity index is 283. The second kappa shape index (κ2) is 2.16. The van der Waals surface area contributed by atoms with Crippen LogP contribution in [0.5, 0.6) is 5.75 Å². The maximum Gasteiger partial charge on any atom is 0.117 e. The lowest BCUT2D eigenvalue weighted by atomic mass is 10.1. The smallest absolute Gasteiger partial charge is 0.117 e. The lowest BCUT2D eigenvalue weighted by Crippen LogP contribution is -2.08. The van der Waals surface area contributed by atoms with Crippen molar-refractivity contribution in [3.8, 4) is 5.75 Å². The Balaban J connectivity index is 2.43. The van der Waals surface area contributed by atoms with E-state index in [0.717, 1.165) is 12.1 Å². The van der Waals surface area contributed by atoms with Crippen molar-refractivity contribution in [1.82, 2.24) is 0 Å². The number of anilines is 1. The van der Waals surface area contributed by atoms with Gasteiger partial charge in [-0.2, -0.15) is 0 Å². The molecule has 0 bridgehead atoms. The Hall–Kier alpha value is -1.18. The molecular formula is C9H11NO. The van der Waals surface area contributed by atoms with E-state index in [1.54, 1.807) is 12.1 Å². The molecule has 1 aromatic rings. The molecule has 11 heavy (non-hydrogen) atoms. The van der Waals surface area contributed by atoms with Crippen LogP contribution in [0, 0.1) is 0 Å². The zero-order valence-corrected chi connectivity index (χ0v) is 6.46. The third-order valence-electron chi connectivity index (χ3n) is 2.02. The second-order valence-electron chi connectivity index (χ2n) is 3.09. The van der Waals surface area contributed by atoms with E-state index < -0.39 is 0 Å². The Morgan fingerprint density at radius 2 is 2.36 bits per heavy atom. The fraction of sp³-hybridized carbons (Fsp3) is 0.333. The highest BCUT2D eigenvalue weighted by Gasteiger charge is 2.15. The molecule has 2 heteroatoms. The number of phenolic OH excluding ortho intramolecular Hbond substituents is 1. The molecule has 0 aliphatic carbocycles. The van der Waals surface area contributed by atoms with Gasteiger partial charge < -0.3 is 10.4 Å². The molecule has 1 aliphatic rings. The van der Waals surface area contributed by atoms with E-state index in [9.17, 15) is 0 Å². The van der Waals surface area contributed by atoms with Gasteiger partial charge in [-0.1, -0.05) is 6.07 Å². The molecule has 2 nitrogen and oxygen atoms in total. The summed E-state index contributed by atoms with van der Waals surface area (Å²) in [7, 11) is 0. The number of phenols is 1. The standard InChI is InChI=1S/C9H11NO/c1-6-4-7-2-3-8(11)5-9(7)10-6/h2-3,5-6,10-11H,4H2,1H3/t6-/m0/s1. The summed E-state index contributed by atoms with van der Waals surface area (Å²) in [6, 6.07) is 5.99. The maximum absolute atomic E-state index is 9.14. The van der Waals surface area contributed by atoms with Gasteiger partial charge in [0.25, 0.3) is 0 Å². The monoisotopic (exact) mass is 149 g/mol. The Morgan fingerprint density at radius 3 is 3.18 bits per heavy atom. The summed E-state index contributed by atoms with van der Waals surface area (Å²) in [4.78, 5) is 0. The van der Waals surface area contributed by atoms with E-state index in [2.05, 4.69) is 12.2 Å². The van der Waals surface area contributed by atoms with Crippen molar-refractivity contribution in [1.29, 1.82) is 0 Å². The van der Waals surface area contributed by atoms with Crippen LogP contribution < -0.4 is 5.32 Å². The number of rotatable bonds is 0. The van der Waals surface area contributed by atoms with E-state index in [-0.39, 0.29) is 0 Å². The van der Waals surface area contributed by atoms with E-state index in [1.165, 1.54) is 5.56 Å². The molecule has 0 unspecified atom stereocenters. The predicted molar refractivity (Wildman–Crippen MR) is 44.9 cm³/mol. The van der Waals surface area contributed by atoms with Crippen LogP contribution in [0.1, 0.15) is 12.5 Å². The van der Waals surface area contributed by atoms with E-state index >= 15 is 0 Å². The maximum atomic E-state index is 9.14. The second-order valence-corrected chi connectivity index (χ2v) is 3.09. The van der Waals surface area contributed by atoms with Crippen LogP contribution in [0.4, 0.5) is 5.69 Å². The minimum Gasteiger partial charge on any atom is -0.508 e. The molecule has 2 rings (SSSR count). The van der Waals surface area contributed by atoms with Gasteiger partial charge in [0.15, 0.2) is 0 Å². The lowest BCUT2D eigenvalue weighted by molar-refractivity contribution is 0.475. The van der Waals surface area contributed by atoms with Gasteiger partial charge in [0.05, 0.1) is 0 Å². The highest BCUT2D eigenvalue weighted by atomic mass is 16.3. The van der Waals surface area contributed by atoms with Crippen molar-refractivity contribution in [2.45, 2.75) is 19.4 Å². The van der Waals surface area contributed by atoms with Gasteiger partial charge in [0.1, 0.15) is 5.75 Å². The van der Waals surface area contributed by atoms with Crippen molar-refractivity contribution in [2.75, 3.05) is 5.32 Å². The van der Waals surface area contributed by atoms with Gasteiger partial charge in [0, 0.05) is 17.8 Å². The summed E-state index contributed by atoms with van der Waals surface area (Å²) < 4.78 is 0. The fourth-order valence-electron chi connectivity index (χ4n) is 1.52. The van der Waals surface area contributed by atoms with Crippen LogP contribution in [-0.2, 0) is 6.42 Å². The topological polar surface area (TPSA) is 32.3 Å². The molecule has 0 saturated carbocycles. The molecule has 0 saturated heterocycles. The normalized spacial score (nSPS) is 21.0. The number of hydrogen-bond donors (Lipinski definition) is 2. The summed E-state index contributed by atoms with van der Waals surface area (Å²) in [6.45, 7) is 2.14. The van der Waals surface area contributed by atoms with Crippen LogP contribution in [-0.4, -0.2) is 11.1 Å². The molecule has 1 aromatic carbocycles. The number of benzene rings is 1. The van der Waals surface area contributed by atoms with Gasteiger partial charge in [0.2, 0.25) is 0 Å². The highest BCUT2D eigenvalue weighted by molar-refractivity contribution is 5.59. The first-order valence-corrected chi connectivity index (χ1v) is 3.84. The van der Waals surface area contributed by atoms with Crippen LogP contribution in [0.25, 0.3) is 0 Å². The summed E-state index contributed by atoms with van der Waals surface area (Å²) in [5, 5.41) is 12.4. The molecule has 1 heterocycles.